The molecule has 0 aliphatic carbocycles. The predicted molar refractivity (Wildman–Crippen MR) is 91.9 cm³/mol. The molecule has 0 aromatic carbocycles. The van der Waals surface area contributed by atoms with Crippen molar-refractivity contribution in [2.45, 2.75) is 39.7 Å². The Morgan fingerprint density at radius 2 is 1.95 bits per heavy atom. The van der Waals surface area contributed by atoms with E-state index >= 15 is 0 Å². The first-order chi connectivity index (χ1) is 10.6. The van der Waals surface area contributed by atoms with Gasteiger partial charge in [-0.2, -0.15) is 0 Å². The number of nitrogens with one attached hydrogen (secondary N) is 1. The lowest BCUT2D eigenvalue weighted by Crippen LogP contribution is -2.25. The van der Waals surface area contributed by atoms with E-state index in [1.807, 2.05) is 6.07 Å². The number of anilines is 2. The number of nitrogens with zero attached hydrogens (tertiary/aromatic N) is 4. The second-order valence-corrected chi connectivity index (χ2v) is 5.54. The highest BCUT2D eigenvalue weighted by atomic mass is 15.1. The van der Waals surface area contributed by atoms with E-state index in [2.05, 4.69) is 45.9 Å². The molecule has 0 bridgehead atoms. The first-order valence-electron chi connectivity index (χ1n) is 8.00. The zero-order valence-electron chi connectivity index (χ0n) is 13.7. The fraction of sp³-hybridized carbons (Fsp3) is 0.562. The van der Waals surface area contributed by atoms with Crippen molar-refractivity contribution in [3.63, 3.8) is 0 Å². The molecule has 2 heterocycles. The normalized spacial score (nSPS) is 12.7. The minimum atomic E-state index is 0.350. The maximum absolute atomic E-state index is 5.85. The van der Waals surface area contributed by atoms with Crippen molar-refractivity contribution >= 4 is 22.7 Å². The molecule has 0 fully saturated rings. The lowest BCUT2D eigenvalue weighted by Gasteiger charge is -2.20. The topological polar surface area (TPSA) is 80.0 Å². The van der Waals surface area contributed by atoms with E-state index < -0.39 is 0 Å². The molecule has 0 unspecified atom stereocenters. The van der Waals surface area contributed by atoms with Crippen LogP contribution in [0.1, 0.15) is 33.6 Å². The molecule has 2 aromatic rings. The molecule has 2 aromatic heterocycles. The van der Waals surface area contributed by atoms with Crippen LogP contribution in [0.2, 0.25) is 0 Å². The van der Waals surface area contributed by atoms with Crippen molar-refractivity contribution in [3.05, 3.63) is 18.5 Å². The second kappa shape index (κ2) is 7.89. The van der Waals surface area contributed by atoms with Crippen molar-refractivity contribution in [1.29, 1.82) is 0 Å². The van der Waals surface area contributed by atoms with Crippen LogP contribution in [0.3, 0.4) is 0 Å². The second-order valence-electron chi connectivity index (χ2n) is 5.54. The molecule has 6 heteroatoms. The van der Waals surface area contributed by atoms with E-state index in [4.69, 9.17) is 5.73 Å². The van der Waals surface area contributed by atoms with Crippen molar-refractivity contribution in [3.8, 4) is 0 Å². The Hall–Kier alpha value is -1.95. The van der Waals surface area contributed by atoms with Gasteiger partial charge in [-0.25, -0.2) is 15.0 Å². The number of rotatable bonds is 8. The number of aromatic nitrogens is 3. The summed E-state index contributed by atoms with van der Waals surface area (Å²) in [4.78, 5) is 15.2. The van der Waals surface area contributed by atoms with Gasteiger partial charge in [-0.1, -0.05) is 13.8 Å². The van der Waals surface area contributed by atoms with Gasteiger partial charge in [-0.05, 0) is 39.4 Å². The maximum atomic E-state index is 5.85. The molecule has 0 saturated heterocycles. The minimum Gasteiger partial charge on any atom is -0.384 e. The summed E-state index contributed by atoms with van der Waals surface area (Å²) in [5, 5.41) is 3.49. The van der Waals surface area contributed by atoms with Crippen LogP contribution in [0.15, 0.2) is 18.5 Å². The van der Waals surface area contributed by atoms with Gasteiger partial charge in [0.05, 0.1) is 5.69 Å². The van der Waals surface area contributed by atoms with E-state index in [1.54, 1.807) is 12.4 Å². The Morgan fingerprint density at radius 1 is 1.23 bits per heavy atom. The summed E-state index contributed by atoms with van der Waals surface area (Å²) in [5.41, 5.74) is 8.11. The van der Waals surface area contributed by atoms with Crippen molar-refractivity contribution in [1.82, 2.24) is 19.9 Å². The Bertz CT molecular complexity index is 596. The van der Waals surface area contributed by atoms with Gasteiger partial charge in [0, 0.05) is 24.5 Å². The zero-order valence-corrected chi connectivity index (χ0v) is 13.7. The average molecular weight is 302 g/mol. The monoisotopic (exact) mass is 302 g/mol. The molecule has 0 aliphatic rings. The summed E-state index contributed by atoms with van der Waals surface area (Å²) in [6.45, 7) is 9.95. The molecule has 3 N–H and O–H groups in total. The van der Waals surface area contributed by atoms with Crippen LogP contribution in [0.25, 0.3) is 11.2 Å². The lowest BCUT2D eigenvalue weighted by molar-refractivity contribution is 0.295. The van der Waals surface area contributed by atoms with Crippen LogP contribution in [0.5, 0.6) is 0 Å². The molecule has 0 aliphatic heterocycles. The summed E-state index contributed by atoms with van der Waals surface area (Å²) in [5.74, 6) is 0.464. The smallest absolute Gasteiger partial charge is 0.182 e. The van der Waals surface area contributed by atoms with E-state index in [0.29, 0.717) is 17.5 Å². The highest BCUT2D eigenvalue weighted by Crippen LogP contribution is 2.22. The summed E-state index contributed by atoms with van der Waals surface area (Å²) < 4.78 is 0. The van der Waals surface area contributed by atoms with Crippen LogP contribution in [0, 0.1) is 0 Å². The van der Waals surface area contributed by atoms with E-state index in [1.165, 1.54) is 6.42 Å². The van der Waals surface area contributed by atoms with Crippen molar-refractivity contribution < 1.29 is 0 Å². The summed E-state index contributed by atoms with van der Waals surface area (Å²) in [6.07, 6.45) is 5.57. The molecule has 0 spiro atoms. The van der Waals surface area contributed by atoms with Crippen molar-refractivity contribution in [2.75, 3.05) is 30.7 Å². The van der Waals surface area contributed by atoms with E-state index in [9.17, 15) is 0 Å². The minimum absolute atomic E-state index is 0.350. The average Bonchev–Trinajstić information content (AvgIpc) is 2.51. The van der Waals surface area contributed by atoms with Crippen LogP contribution in [-0.2, 0) is 0 Å². The molecule has 6 nitrogen and oxygen atoms in total. The van der Waals surface area contributed by atoms with Gasteiger partial charge in [-0.3, -0.25) is 0 Å². The van der Waals surface area contributed by atoms with Crippen LogP contribution < -0.4 is 11.1 Å². The first-order valence-corrected chi connectivity index (χ1v) is 8.00. The van der Waals surface area contributed by atoms with Gasteiger partial charge in [-0.15, -0.1) is 0 Å². The quantitative estimate of drug-likeness (QED) is 0.780. The molecular weight excluding hydrogens is 276 g/mol. The van der Waals surface area contributed by atoms with Crippen molar-refractivity contribution in [2.24, 2.45) is 0 Å². The summed E-state index contributed by atoms with van der Waals surface area (Å²) in [7, 11) is 0. The van der Waals surface area contributed by atoms with Gasteiger partial charge < -0.3 is 16.0 Å². The fourth-order valence-electron chi connectivity index (χ4n) is 2.58. The number of fused-ring (bicyclic) bond motifs is 1. The summed E-state index contributed by atoms with van der Waals surface area (Å²) >= 11 is 0. The largest absolute Gasteiger partial charge is 0.384 e. The SMILES string of the molecule is CCN(CC)CCC[C@H](C)Nc1cc(N)nc2nccnc12. The third-order valence-electron chi connectivity index (χ3n) is 3.87. The molecule has 0 radical (unpaired) electrons. The number of pyridine rings is 1. The Morgan fingerprint density at radius 3 is 2.68 bits per heavy atom. The third-order valence-corrected chi connectivity index (χ3v) is 3.87. The predicted octanol–water partition coefficient (Wildman–Crippen LogP) is 2.53. The van der Waals surface area contributed by atoms with Crippen LogP contribution in [0.4, 0.5) is 11.5 Å². The molecule has 2 rings (SSSR count). The number of nitrogen functional groups attached to an aromatic ring is 1. The standard InChI is InChI=1S/C16H26N6/c1-4-22(5-2)10-6-7-12(3)20-13-11-14(17)21-16-15(13)18-8-9-19-16/h8-9,11-12H,4-7,10H2,1-3H3,(H3,17,19,20,21)/t12-/m0/s1. The molecule has 1 atom stereocenters. The third kappa shape index (κ3) is 4.27. The molecule has 120 valence electrons. The highest BCUT2D eigenvalue weighted by Gasteiger charge is 2.10. The fourth-order valence-corrected chi connectivity index (χ4v) is 2.58. The zero-order chi connectivity index (χ0) is 15.9. The number of hydrogen-bond donors (Lipinski definition) is 2. The Balaban J connectivity index is 1.98. The van der Waals surface area contributed by atoms with E-state index in [0.717, 1.165) is 37.3 Å². The molecule has 0 saturated carbocycles. The first kappa shape index (κ1) is 16.4. The Labute approximate surface area is 132 Å². The van der Waals surface area contributed by atoms with E-state index in [-0.39, 0.29) is 0 Å². The molecular formula is C16H26N6. The van der Waals surface area contributed by atoms with Gasteiger partial charge >= 0.3 is 0 Å². The van der Waals surface area contributed by atoms with Crippen LogP contribution in [-0.4, -0.2) is 45.5 Å². The molecule has 0 amide bonds. The number of hydrogen-bond acceptors (Lipinski definition) is 6. The maximum Gasteiger partial charge on any atom is 0.182 e. The lowest BCUT2D eigenvalue weighted by atomic mass is 10.1. The van der Waals surface area contributed by atoms with Crippen LogP contribution >= 0.6 is 0 Å². The van der Waals surface area contributed by atoms with Gasteiger partial charge in [0.1, 0.15) is 11.3 Å². The number of nitrogens with two attached hydrogens (primary N) is 1. The van der Waals surface area contributed by atoms with Gasteiger partial charge in [0.15, 0.2) is 5.65 Å². The Kier molecular flexibility index (Phi) is 5.89. The van der Waals surface area contributed by atoms with Gasteiger partial charge in [0.2, 0.25) is 0 Å². The highest BCUT2D eigenvalue weighted by molar-refractivity contribution is 5.86. The summed E-state index contributed by atoms with van der Waals surface area (Å²) in [6, 6.07) is 2.18. The van der Waals surface area contributed by atoms with Gasteiger partial charge in [0.25, 0.3) is 0 Å². The molecule has 22 heavy (non-hydrogen) atoms.